The second-order valence-corrected chi connectivity index (χ2v) is 9.08. The number of rotatable bonds is 5. The van der Waals surface area contributed by atoms with Crippen molar-refractivity contribution in [2.24, 2.45) is 16.8 Å². The van der Waals surface area contributed by atoms with Crippen LogP contribution in [0.2, 0.25) is 0 Å². The van der Waals surface area contributed by atoms with Gasteiger partial charge in [-0.2, -0.15) is 5.10 Å². The average Bonchev–Trinajstić information content (AvgIpc) is 3.16. The topological polar surface area (TPSA) is 120 Å². The van der Waals surface area contributed by atoms with Crippen LogP contribution in [-0.4, -0.2) is 27.7 Å². The van der Waals surface area contributed by atoms with Gasteiger partial charge in [-0.15, -0.1) is 11.3 Å². The molecule has 0 bridgehead atoms. The molecule has 0 unspecified atom stereocenters. The lowest BCUT2D eigenvalue weighted by atomic mass is 9.97. The molecule has 2 heterocycles. The summed E-state index contributed by atoms with van der Waals surface area (Å²) in [5.41, 5.74) is 2.04. The van der Waals surface area contributed by atoms with E-state index in [0.717, 1.165) is 35.2 Å². The van der Waals surface area contributed by atoms with Gasteiger partial charge in [0, 0.05) is 10.3 Å². The van der Waals surface area contributed by atoms with Crippen LogP contribution < -0.4 is 16.7 Å². The van der Waals surface area contributed by atoms with Gasteiger partial charge in [-0.25, -0.2) is 15.8 Å². The van der Waals surface area contributed by atoms with Crippen molar-refractivity contribution >= 4 is 50.1 Å². The summed E-state index contributed by atoms with van der Waals surface area (Å²) >= 11 is 2.96. The van der Waals surface area contributed by atoms with Crippen LogP contribution in [0.25, 0.3) is 10.2 Å². The number of thioether (sulfide) groups is 1. The molecular formula is C21H24N6O2S2. The van der Waals surface area contributed by atoms with Gasteiger partial charge in [0.05, 0.1) is 12.3 Å². The number of hydrogen-bond donors (Lipinski definition) is 2. The number of hydrogen-bond acceptors (Lipinski definition) is 9. The highest BCUT2D eigenvalue weighted by Crippen LogP contribution is 2.40. The number of aryl methyl sites for hydroxylation is 2. The molecule has 1 aliphatic rings. The van der Waals surface area contributed by atoms with Crippen LogP contribution in [0.15, 0.2) is 40.5 Å². The van der Waals surface area contributed by atoms with Crippen molar-refractivity contribution < 1.29 is 9.53 Å². The molecule has 0 aliphatic heterocycles. The Hall–Kier alpha value is -2.69. The minimum absolute atomic E-state index is 0.0139. The minimum Gasteiger partial charge on any atom is -0.466 e. The Labute approximate surface area is 188 Å². The number of carbonyl (C=O) groups is 1. The van der Waals surface area contributed by atoms with Gasteiger partial charge in [0.2, 0.25) is 5.17 Å². The molecule has 162 valence electrons. The number of hydrazine groups is 1. The molecule has 1 aromatic carbocycles. The van der Waals surface area contributed by atoms with Crippen molar-refractivity contribution in [2.75, 3.05) is 11.6 Å². The van der Waals surface area contributed by atoms with E-state index in [0.29, 0.717) is 22.6 Å². The third kappa shape index (κ3) is 4.65. The van der Waals surface area contributed by atoms with Crippen molar-refractivity contribution in [3.8, 4) is 0 Å². The van der Waals surface area contributed by atoms with Gasteiger partial charge in [0.25, 0.3) is 0 Å². The first-order valence-corrected chi connectivity index (χ1v) is 11.8. The second-order valence-electron chi connectivity index (χ2n) is 7.04. The fourth-order valence-corrected chi connectivity index (χ4v) is 5.83. The Morgan fingerprint density at radius 1 is 1.26 bits per heavy atom. The number of para-hydroxylation sites is 1. The van der Waals surface area contributed by atoms with E-state index in [1.807, 2.05) is 30.3 Å². The molecule has 3 aromatic rings. The monoisotopic (exact) mass is 456 g/mol. The number of thiophene rings is 1. The van der Waals surface area contributed by atoms with Gasteiger partial charge in [-0.1, -0.05) is 18.2 Å². The van der Waals surface area contributed by atoms with Gasteiger partial charge in [-0.3, -0.25) is 9.80 Å². The zero-order valence-corrected chi connectivity index (χ0v) is 18.8. The maximum absolute atomic E-state index is 12.0. The Bertz CT molecular complexity index is 1120. The number of ether oxygens (including phenoxy) is 1. The lowest BCUT2D eigenvalue weighted by molar-refractivity contribution is -0.142. The number of nitrogens with zero attached hydrogens (tertiary/aromatic N) is 4. The fourth-order valence-electron chi connectivity index (χ4n) is 3.58. The molecule has 0 spiro atoms. The molecule has 0 fully saturated rings. The van der Waals surface area contributed by atoms with Crippen molar-refractivity contribution in [3.05, 3.63) is 46.6 Å². The van der Waals surface area contributed by atoms with Gasteiger partial charge in [0.1, 0.15) is 22.1 Å². The zero-order valence-electron chi connectivity index (χ0n) is 17.2. The summed E-state index contributed by atoms with van der Waals surface area (Å²) in [5, 5.41) is 7.46. The van der Waals surface area contributed by atoms with Gasteiger partial charge < -0.3 is 10.6 Å². The molecule has 1 aliphatic carbocycles. The Morgan fingerprint density at radius 3 is 2.77 bits per heavy atom. The number of benzene rings is 1. The molecule has 31 heavy (non-hydrogen) atoms. The van der Waals surface area contributed by atoms with E-state index >= 15 is 0 Å². The van der Waals surface area contributed by atoms with E-state index in [1.165, 1.54) is 33.6 Å². The fraction of sp³-hybridized carbons (Fsp3) is 0.333. The first kappa shape index (κ1) is 21.5. The number of fused-ring (bicyclic) bond motifs is 3. The summed E-state index contributed by atoms with van der Waals surface area (Å²) < 4.78 is 5.08. The van der Waals surface area contributed by atoms with Crippen LogP contribution in [0.3, 0.4) is 0 Å². The largest absolute Gasteiger partial charge is 0.466 e. The molecule has 0 radical (unpaired) electrons. The molecule has 4 rings (SSSR count). The van der Waals surface area contributed by atoms with Crippen LogP contribution in [0, 0.1) is 0 Å². The third-order valence-corrected chi connectivity index (χ3v) is 7.13. The van der Waals surface area contributed by atoms with E-state index in [2.05, 4.69) is 10.1 Å². The van der Waals surface area contributed by atoms with Gasteiger partial charge in [0.15, 0.2) is 0 Å². The van der Waals surface area contributed by atoms with Crippen molar-refractivity contribution in [3.63, 3.8) is 0 Å². The van der Waals surface area contributed by atoms with Crippen LogP contribution >= 0.6 is 23.1 Å². The van der Waals surface area contributed by atoms with Crippen LogP contribution in [0.5, 0.6) is 0 Å². The number of amidine groups is 1. The molecular weight excluding hydrogens is 432 g/mol. The smallest absolute Gasteiger partial charge is 0.313 e. The van der Waals surface area contributed by atoms with Crippen molar-refractivity contribution in [1.82, 2.24) is 9.97 Å². The first-order valence-electron chi connectivity index (χ1n) is 10.1. The molecule has 4 N–H and O–H groups in total. The van der Waals surface area contributed by atoms with E-state index in [4.69, 9.17) is 21.4 Å². The van der Waals surface area contributed by atoms with E-state index in [9.17, 15) is 4.79 Å². The summed E-state index contributed by atoms with van der Waals surface area (Å²) in [6, 6.07) is 9.45. The number of esters is 1. The molecule has 0 saturated heterocycles. The summed E-state index contributed by atoms with van der Waals surface area (Å²) in [4.78, 5) is 23.6. The SMILES string of the molecule is CCOC(=O)Cc1nc(S/C(=N/N)N(N)c2ccccc2)c2c3c(sc2n1)CCCC3. The lowest BCUT2D eigenvalue weighted by Gasteiger charge is -2.19. The number of carbonyl (C=O) groups excluding carboxylic acids is 1. The summed E-state index contributed by atoms with van der Waals surface area (Å²) in [6.45, 7) is 2.10. The Balaban J connectivity index is 1.75. The number of hydrazone groups is 1. The number of aromatic nitrogens is 2. The van der Waals surface area contributed by atoms with Crippen LogP contribution in [0.4, 0.5) is 5.69 Å². The zero-order chi connectivity index (χ0) is 21.8. The molecule has 0 atom stereocenters. The summed E-state index contributed by atoms with van der Waals surface area (Å²) in [6.07, 6.45) is 4.35. The third-order valence-electron chi connectivity index (χ3n) is 4.97. The highest BCUT2D eigenvalue weighted by Gasteiger charge is 2.24. The normalized spacial score (nSPS) is 13.8. The van der Waals surface area contributed by atoms with Gasteiger partial charge in [-0.05, 0) is 62.1 Å². The number of anilines is 1. The van der Waals surface area contributed by atoms with Crippen molar-refractivity contribution in [2.45, 2.75) is 44.1 Å². The van der Waals surface area contributed by atoms with E-state index in [-0.39, 0.29) is 12.4 Å². The van der Waals surface area contributed by atoms with E-state index < -0.39 is 0 Å². The maximum Gasteiger partial charge on any atom is 0.313 e. The van der Waals surface area contributed by atoms with Crippen molar-refractivity contribution in [1.29, 1.82) is 0 Å². The molecule has 2 aromatic heterocycles. The Kier molecular flexibility index (Phi) is 6.69. The highest BCUT2D eigenvalue weighted by molar-refractivity contribution is 8.14. The predicted octanol–water partition coefficient (Wildman–Crippen LogP) is 3.38. The maximum atomic E-state index is 12.0. The molecule has 0 saturated carbocycles. The van der Waals surface area contributed by atoms with Crippen LogP contribution in [0.1, 0.15) is 36.0 Å². The average molecular weight is 457 g/mol. The Morgan fingerprint density at radius 2 is 2.03 bits per heavy atom. The first-order chi connectivity index (χ1) is 15.1. The predicted molar refractivity (Wildman–Crippen MR) is 125 cm³/mol. The lowest BCUT2D eigenvalue weighted by Crippen LogP contribution is -2.36. The minimum atomic E-state index is -0.350. The summed E-state index contributed by atoms with van der Waals surface area (Å²) in [5.74, 6) is 12.1. The molecule has 10 heteroatoms. The second kappa shape index (κ2) is 9.63. The molecule has 8 nitrogen and oxygen atoms in total. The van der Waals surface area contributed by atoms with E-state index in [1.54, 1.807) is 18.3 Å². The molecule has 0 amide bonds. The highest BCUT2D eigenvalue weighted by atomic mass is 32.2. The van der Waals surface area contributed by atoms with Crippen LogP contribution in [-0.2, 0) is 28.8 Å². The van der Waals surface area contributed by atoms with Gasteiger partial charge >= 0.3 is 5.97 Å². The summed E-state index contributed by atoms with van der Waals surface area (Å²) in [7, 11) is 0. The number of nitrogens with two attached hydrogens (primary N) is 2. The quantitative estimate of drug-likeness (QED) is 0.114. The standard InChI is InChI=1S/C21H24N6O2S2/c1-2-29-17(28)12-16-24-19-18(14-10-6-7-11-15(14)30-19)20(25-16)31-21(26-22)27(23)13-8-4-3-5-9-13/h3-5,8-9H,2,6-7,10-12,22-23H2,1H3/b26-21+.